The largest absolute Gasteiger partial charge is 0.326 e. The molecule has 1 aromatic carbocycles. The normalized spacial score (nSPS) is 10.1. The minimum atomic E-state index is -0.0428. The first kappa shape index (κ1) is 12.2. The van der Waals surface area contributed by atoms with Gasteiger partial charge in [-0.1, -0.05) is 22.0 Å². The number of amides is 1. The molecule has 0 heterocycles. The van der Waals surface area contributed by atoms with Crippen LogP contribution in [0.3, 0.4) is 0 Å². The van der Waals surface area contributed by atoms with E-state index >= 15 is 0 Å². The zero-order valence-electron chi connectivity index (χ0n) is 8.93. The van der Waals surface area contributed by atoms with Crippen molar-refractivity contribution in [2.45, 2.75) is 13.3 Å². The summed E-state index contributed by atoms with van der Waals surface area (Å²) in [5.41, 5.74) is 2.02. The van der Waals surface area contributed by atoms with Crippen LogP contribution in [0, 0.1) is 0 Å². The number of likely N-dealkylation sites (N-methyl/N-ethyl adjacent to an activating group) is 1. The Bertz CT molecular complexity index is 352. The summed E-state index contributed by atoms with van der Waals surface area (Å²) in [4.78, 5) is 11.0. The fraction of sp³-hybridized carbons (Fsp3) is 0.364. The smallest absolute Gasteiger partial charge is 0.221 e. The zero-order chi connectivity index (χ0) is 11.3. The highest BCUT2D eigenvalue weighted by atomic mass is 79.9. The molecule has 0 aliphatic carbocycles. The molecule has 82 valence electrons. The van der Waals surface area contributed by atoms with Crippen LogP contribution >= 0.6 is 15.9 Å². The second-order valence-electron chi connectivity index (χ2n) is 3.34. The lowest BCUT2D eigenvalue weighted by Gasteiger charge is -2.10. The lowest BCUT2D eigenvalue weighted by atomic mass is 10.1. The first-order valence-electron chi connectivity index (χ1n) is 4.84. The van der Waals surface area contributed by atoms with Gasteiger partial charge in [-0.15, -0.1) is 0 Å². The van der Waals surface area contributed by atoms with Crippen LogP contribution in [0.2, 0.25) is 0 Å². The molecule has 0 aromatic heterocycles. The first-order valence-corrected chi connectivity index (χ1v) is 5.63. The monoisotopic (exact) mass is 270 g/mol. The lowest BCUT2D eigenvalue weighted by Crippen LogP contribution is -2.13. The highest BCUT2D eigenvalue weighted by molar-refractivity contribution is 9.10. The SMILES string of the molecule is CNCCc1ccc(Br)cc1NC(C)=O. The van der Waals surface area contributed by atoms with Crippen molar-refractivity contribution in [2.75, 3.05) is 18.9 Å². The average Bonchev–Trinajstić information content (AvgIpc) is 2.16. The third-order valence-electron chi connectivity index (χ3n) is 2.03. The molecular weight excluding hydrogens is 256 g/mol. The Hall–Kier alpha value is -0.870. The average molecular weight is 271 g/mol. The molecule has 0 aliphatic heterocycles. The Kier molecular flexibility index (Phi) is 4.78. The summed E-state index contributed by atoms with van der Waals surface area (Å²) < 4.78 is 0.972. The van der Waals surface area contributed by atoms with Gasteiger partial charge in [-0.3, -0.25) is 4.79 Å². The summed E-state index contributed by atoms with van der Waals surface area (Å²) in [7, 11) is 1.91. The standard InChI is InChI=1S/C11H15BrN2O/c1-8(15)14-11-7-10(12)4-3-9(11)5-6-13-2/h3-4,7,13H,5-6H2,1-2H3,(H,14,15). The van der Waals surface area contributed by atoms with Crippen molar-refractivity contribution in [3.05, 3.63) is 28.2 Å². The van der Waals surface area contributed by atoms with Crippen molar-refractivity contribution in [3.8, 4) is 0 Å². The Morgan fingerprint density at radius 2 is 2.20 bits per heavy atom. The molecule has 0 fully saturated rings. The summed E-state index contributed by atoms with van der Waals surface area (Å²) in [5.74, 6) is -0.0428. The molecule has 0 saturated heterocycles. The van der Waals surface area contributed by atoms with E-state index in [0.29, 0.717) is 0 Å². The van der Waals surface area contributed by atoms with E-state index < -0.39 is 0 Å². The predicted octanol–water partition coefficient (Wildman–Crippen LogP) is 2.17. The Balaban J connectivity index is 2.87. The van der Waals surface area contributed by atoms with Gasteiger partial charge in [0.15, 0.2) is 0 Å². The predicted molar refractivity (Wildman–Crippen MR) is 66.1 cm³/mol. The maximum absolute atomic E-state index is 11.0. The number of carbonyl (C=O) groups excluding carboxylic acids is 1. The second-order valence-corrected chi connectivity index (χ2v) is 4.25. The zero-order valence-corrected chi connectivity index (χ0v) is 10.5. The summed E-state index contributed by atoms with van der Waals surface area (Å²) in [6.45, 7) is 2.41. The molecule has 0 atom stereocenters. The lowest BCUT2D eigenvalue weighted by molar-refractivity contribution is -0.114. The van der Waals surface area contributed by atoms with Crippen LogP contribution in [0.5, 0.6) is 0 Å². The number of hydrogen-bond acceptors (Lipinski definition) is 2. The highest BCUT2D eigenvalue weighted by Gasteiger charge is 2.04. The third-order valence-corrected chi connectivity index (χ3v) is 2.52. The molecule has 0 saturated carbocycles. The van der Waals surface area contributed by atoms with E-state index in [1.807, 2.05) is 25.2 Å². The van der Waals surface area contributed by atoms with Crippen molar-refractivity contribution < 1.29 is 4.79 Å². The first-order chi connectivity index (χ1) is 7.13. The number of carbonyl (C=O) groups is 1. The van der Waals surface area contributed by atoms with Gasteiger partial charge in [-0.05, 0) is 37.7 Å². The minimum Gasteiger partial charge on any atom is -0.326 e. The van der Waals surface area contributed by atoms with E-state index in [1.54, 1.807) is 0 Å². The van der Waals surface area contributed by atoms with Gasteiger partial charge in [-0.25, -0.2) is 0 Å². The summed E-state index contributed by atoms with van der Waals surface area (Å²) >= 11 is 3.39. The van der Waals surface area contributed by atoms with Gasteiger partial charge >= 0.3 is 0 Å². The van der Waals surface area contributed by atoms with Crippen LogP contribution in [0.1, 0.15) is 12.5 Å². The van der Waals surface area contributed by atoms with Crippen LogP contribution in [-0.2, 0) is 11.2 Å². The van der Waals surface area contributed by atoms with Gasteiger partial charge in [0.25, 0.3) is 0 Å². The number of nitrogens with one attached hydrogen (secondary N) is 2. The summed E-state index contributed by atoms with van der Waals surface area (Å²) in [5, 5.41) is 5.91. The van der Waals surface area contributed by atoms with Crippen LogP contribution in [0.25, 0.3) is 0 Å². The molecule has 1 rings (SSSR count). The van der Waals surface area contributed by atoms with Crippen molar-refractivity contribution >= 4 is 27.5 Å². The van der Waals surface area contributed by atoms with Crippen LogP contribution in [-0.4, -0.2) is 19.5 Å². The molecule has 1 amide bonds. The molecule has 4 heteroatoms. The molecular formula is C11H15BrN2O. The van der Waals surface area contributed by atoms with E-state index in [-0.39, 0.29) is 5.91 Å². The fourth-order valence-electron chi connectivity index (χ4n) is 1.33. The fourth-order valence-corrected chi connectivity index (χ4v) is 1.69. The van der Waals surface area contributed by atoms with Crippen molar-refractivity contribution in [3.63, 3.8) is 0 Å². The maximum Gasteiger partial charge on any atom is 0.221 e. The van der Waals surface area contributed by atoms with Gasteiger partial charge in [0, 0.05) is 17.1 Å². The van der Waals surface area contributed by atoms with E-state index in [2.05, 4.69) is 26.6 Å². The van der Waals surface area contributed by atoms with E-state index in [9.17, 15) is 4.79 Å². The Morgan fingerprint density at radius 1 is 1.47 bits per heavy atom. The van der Waals surface area contributed by atoms with Crippen molar-refractivity contribution in [1.82, 2.24) is 5.32 Å². The maximum atomic E-state index is 11.0. The Labute approximate surface area is 98.4 Å². The Morgan fingerprint density at radius 3 is 2.80 bits per heavy atom. The van der Waals surface area contributed by atoms with Gasteiger partial charge < -0.3 is 10.6 Å². The van der Waals surface area contributed by atoms with E-state index in [1.165, 1.54) is 6.92 Å². The van der Waals surface area contributed by atoms with Crippen molar-refractivity contribution in [2.24, 2.45) is 0 Å². The highest BCUT2D eigenvalue weighted by Crippen LogP contribution is 2.21. The number of anilines is 1. The van der Waals surface area contributed by atoms with Crippen LogP contribution < -0.4 is 10.6 Å². The van der Waals surface area contributed by atoms with Gasteiger partial charge in [-0.2, -0.15) is 0 Å². The molecule has 0 spiro atoms. The molecule has 0 bridgehead atoms. The minimum absolute atomic E-state index is 0.0428. The molecule has 1 aromatic rings. The second kappa shape index (κ2) is 5.88. The molecule has 0 unspecified atom stereocenters. The molecule has 0 radical (unpaired) electrons. The number of hydrogen-bond donors (Lipinski definition) is 2. The van der Waals surface area contributed by atoms with Gasteiger partial charge in [0.05, 0.1) is 0 Å². The molecule has 0 aliphatic rings. The van der Waals surface area contributed by atoms with Crippen LogP contribution in [0.15, 0.2) is 22.7 Å². The van der Waals surface area contributed by atoms with Gasteiger partial charge in [0.1, 0.15) is 0 Å². The molecule has 15 heavy (non-hydrogen) atoms. The number of rotatable bonds is 4. The van der Waals surface area contributed by atoms with E-state index in [0.717, 1.165) is 28.7 Å². The van der Waals surface area contributed by atoms with Crippen LogP contribution in [0.4, 0.5) is 5.69 Å². The summed E-state index contributed by atoms with van der Waals surface area (Å²) in [6, 6.07) is 5.93. The van der Waals surface area contributed by atoms with E-state index in [4.69, 9.17) is 0 Å². The number of benzene rings is 1. The topological polar surface area (TPSA) is 41.1 Å². The van der Waals surface area contributed by atoms with Crippen molar-refractivity contribution in [1.29, 1.82) is 0 Å². The molecule has 3 nitrogen and oxygen atoms in total. The number of halogens is 1. The van der Waals surface area contributed by atoms with Gasteiger partial charge in [0.2, 0.25) is 5.91 Å². The summed E-state index contributed by atoms with van der Waals surface area (Å²) in [6.07, 6.45) is 0.902. The molecule has 2 N–H and O–H groups in total. The third kappa shape index (κ3) is 4.01. The quantitative estimate of drug-likeness (QED) is 0.881.